The zero-order valence-electron chi connectivity index (χ0n) is 21.4. The van der Waals surface area contributed by atoms with Crippen molar-refractivity contribution in [3.05, 3.63) is 56.4 Å². The lowest BCUT2D eigenvalue weighted by atomic mass is 10.1. The van der Waals surface area contributed by atoms with Crippen molar-refractivity contribution in [1.29, 1.82) is 0 Å². The Morgan fingerprint density at radius 3 is 1.92 bits per heavy atom. The van der Waals surface area contributed by atoms with Crippen LogP contribution in [0.2, 0.25) is 0 Å². The maximum atomic E-state index is 12.6. The Hall–Kier alpha value is -3.56. The number of nitrogens with one attached hydrogen (secondary N) is 2. The SMILES string of the molecule is CCCCCCC(CNC(=O)CCn1ccc(=O)c(O)c1C)NC(=O)CCn1ccc(=O)c(O)c1C. The summed E-state index contributed by atoms with van der Waals surface area (Å²) in [6.07, 6.45) is 8.33. The molecule has 10 nitrogen and oxygen atoms in total. The number of nitrogens with zero attached hydrogens (tertiary/aromatic N) is 2. The summed E-state index contributed by atoms with van der Waals surface area (Å²) < 4.78 is 3.31. The van der Waals surface area contributed by atoms with Crippen molar-refractivity contribution in [3.63, 3.8) is 0 Å². The zero-order chi connectivity index (χ0) is 26.7. The van der Waals surface area contributed by atoms with E-state index in [1.165, 1.54) is 12.1 Å². The highest BCUT2D eigenvalue weighted by Crippen LogP contribution is 2.11. The van der Waals surface area contributed by atoms with Crippen molar-refractivity contribution in [1.82, 2.24) is 19.8 Å². The summed E-state index contributed by atoms with van der Waals surface area (Å²) in [7, 11) is 0. The van der Waals surface area contributed by atoms with Crippen LogP contribution >= 0.6 is 0 Å². The fraction of sp³-hybridized carbons (Fsp3) is 0.538. The fourth-order valence-electron chi connectivity index (χ4n) is 3.92. The van der Waals surface area contributed by atoms with E-state index in [-0.39, 0.29) is 42.2 Å². The summed E-state index contributed by atoms with van der Waals surface area (Å²) in [5, 5.41) is 25.5. The van der Waals surface area contributed by atoms with Crippen molar-refractivity contribution in [2.24, 2.45) is 0 Å². The molecule has 198 valence electrons. The van der Waals surface area contributed by atoms with E-state index >= 15 is 0 Å². The number of carbonyl (C=O) groups is 2. The molecule has 0 aromatic carbocycles. The van der Waals surface area contributed by atoms with E-state index in [0.717, 1.165) is 32.1 Å². The van der Waals surface area contributed by atoms with E-state index in [0.29, 0.717) is 31.0 Å². The van der Waals surface area contributed by atoms with E-state index in [1.54, 1.807) is 35.4 Å². The van der Waals surface area contributed by atoms with Crippen LogP contribution in [0.15, 0.2) is 34.1 Å². The molecule has 36 heavy (non-hydrogen) atoms. The second-order valence-electron chi connectivity index (χ2n) is 9.03. The number of aromatic nitrogens is 2. The van der Waals surface area contributed by atoms with Crippen molar-refractivity contribution >= 4 is 11.8 Å². The van der Waals surface area contributed by atoms with Gasteiger partial charge in [0.05, 0.1) is 11.4 Å². The summed E-state index contributed by atoms with van der Waals surface area (Å²) in [5.41, 5.74) is -0.0980. The van der Waals surface area contributed by atoms with Gasteiger partial charge in [-0.25, -0.2) is 0 Å². The zero-order valence-corrected chi connectivity index (χ0v) is 21.4. The molecular formula is C26H38N4O6. The van der Waals surface area contributed by atoms with Crippen molar-refractivity contribution < 1.29 is 19.8 Å². The molecule has 0 spiro atoms. The molecule has 2 aromatic heterocycles. The third kappa shape index (κ3) is 8.58. The van der Waals surface area contributed by atoms with E-state index in [9.17, 15) is 29.4 Å². The Bertz CT molecular complexity index is 1150. The molecule has 2 heterocycles. The predicted molar refractivity (Wildman–Crippen MR) is 137 cm³/mol. The first kappa shape index (κ1) is 28.7. The van der Waals surface area contributed by atoms with Crippen LogP contribution in [0.5, 0.6) is 11.5 Å². The first-order chi connectivity index (χ1) is 17.1. The lowest BCUT2D eigenvalue weighted by molar-refractivity contribution is -0.124. The minimum Gasteiger partial charge on any atom is -0.503 e. The van der Waals surface area contributed by atoms with Gasteiger partial charge in [0, 0.05) is 63.0 Å². The molecule has 2 aromatic rings. The average molecular weight is 503 g/mol. The highest BCUT2D eigenvalue weighted by Gasteiger charge is 2.15. The molecule has 1 unspecified atom stereocenters. The maximum absolute atomic E-state index is 12.6. The maximum Gasteiger partial charge on any atom is 0.223 e. The summed E-state index contributed by atoms with van der Waals surface area (Å²) in [4.78, 5) is 48.1. The first-order valence-corrected chi connectivity index (χ1v) is 12.5. The Morgan fingerprint density at radius 1 is 0.861 bits per heavy atom. The Morgan fingerprint density at radius 2 is 1.39 bits per heavy atom. The normalized spacial score (nSPS) is 11.8. The molecule has 0 aliphatic heterocycles. The standard InChI is InChI=1S/C26H38N4O6/c1-4-5-6-7-8-20(28-24(34)12-16-30-14-10-22(32)26(36)19(30)3)17-27-23(33)11-15-29-13-9-21(31)25(35)18(29)2/h9-10,13-14,20,35-36H,4-8,11-12,15-17H2,1-3H3,(H,27,33)(H,28,34). The molecular weight excluding hydrogens is 464 g/mol. The monoisotopic (exact) mass is 502 g/mol. The fourth-order valence-corrected chi connectivity index (χ4v) is 3.92. The van der Waals surface area contributed by atoms with Gasteiger partial charge in [-0.1, -0.05) is 32.6 Å². The first-order valence-electron chi connectivity index (χ1n) is 12.5. The number of hydrogen-bond donors (Lipinski definition) is 4. The largest absolute Gasteiger partial charge is 0.503 e. The van der Waals surface area contributed by atoms with E-state index in [1.807, 2.05) is 0 Å². The lowest BCUT2D eigenvalue weighted by Crippen LogP contribution is -2.44. The number of aromatic hydroxyl groups is 2. The number of carbonyl (C=O) groups excluding carboxylic acids is 2. The minimum absolute atomic E-state index is 0.161. The van der Waals surface area contributed by atoms with Crippen LogP contribution < -0.4 is 21.5 Å². The minimum atomic E-state index is -0.456. The van der Waals surface area contributed by atoms with Crippen molar-refractivity contribution in [3.8, 4) is 11.5 Å². The summed E-state index contributed by atoms with van der Waals surface area (Å²) in [5.74, 6) is -1.01. The van der Waals surface area contributed by atoms with Crippen LogP contribution in [-0.4, -0.2) is 43.7 Å². The smallest absolute Gasteiger partial charge is 0.223 e. The van der Waals surface area contributed by atoms with E-state index < -0.39 is 10.9 Å². The number of amides is 2. The van der Waals surface area contributed by atoms with E-state index in [2.05, 4.69) is 17.6 Å². The molecule has 2 rings (SSSR count). The molecule has 0 saturated heterocycles. The van der Waals surface area contributed by atoms with Crippen molar-refractivity contribution in [2.45, 2.75) is 84.8 Å². The van der Waals surface area contributed by atoms with Gasteiger partial charge in [0.25, 0.3) is 0 Å². The molecule has 1 atom stereocenters. The average Bonchev–Trinajstić information content (AvgIpc) is 2.86. The number of rotatable bonds is 14. The Kier molecular flexibility index (Phi) is 11.2. The lowest BCUT2D eigenvalue weighted by Gasteiger charge is -2.20. The predicted octanol–water partition coefficient (Wildman–Crippen LogP) is 2.09. The van der Waals surface area contributed by atoms with Crippen LogP contribution in [-0.2, 0) is 22.7 Å². The topological polar surface area (TPSA) is 143 Å². The molecule has 2 amide bonds. The quantitative estimate of drug-likeness (QED) is 0.291. The third-order valence-corrected chi connectivity index (χ3v) is 6.30. The summed E-state index contributed by atoms with van der Waals surface area (Å²) in [6.45, 7) is 6.28. The molecule has 0 aliphatic carbocycles. The number of hydrogen-bond acceptors (Lipinski definition) is 6. The second-order valence-corrected chi connectivity index (χ2v) is 9.03. The van der Waals surface area contributed by atoms with Gasteiger partial charge < -0.3 is 30.0 Å². The van der Waals surface area contributed by atoms with Gasteiger partial charge in [-0.3, -0.25) is 19.2 Å². The van der Waals surface area contributed by atoms with Gasteiger partial charge in [0.1, 0.15) is 0 Å². The van der Waals surface area contributed by atoms with Crippen LogP contribution in [0, 0.1) is 13.8 Å². The van der Waals surface area contributed by atoms with Crippen LogP contribution in [0.4, 0.5) is 0 Å². The van der Waals surface area contributed by atoms with Gasteiger partial charge in [-0.05, 0) is 20.3 Å². The molecule has 4 N–H and O–H groups in total. The van der Waals surface area contributed by atoms with Gasteiger partial charge in [0.15, 0.2) is 11.5 Å². The number of aryl methyl sites for hydroxylation is 2. The molecule has 10 heteroatoms. The van der Waals surface area contributed by atoms with Crippen LogP contribution in [0.25, 0.3) is 0 Å². The molecule has 0 aliphatic rings. The molecule has 0 saturated carbocycles. The number of pyridine rings is 2. The summed E-state index contributed by atoms with van der Waals surface area (Å²) >= 11 is 0. The Balaban J connectivity index is 1.89. The highest BCUT2D eigenvalue weighted by molar-refractivity contribution is 5.77. The van der Waals surface area contributed by atoms with Crippen LogP contribution in [0.3, 0.4) is 0 Å². The third-order valence-electron chi connectivity index (χ3n) is 6.30. The van der Waals surface area contributed by atoms with Crippen molar-refractivity contribution in [2.75, 3.05) is 6.54 Å². The summed E-state index contributed by atoms with van der Waals surface area (Å²) in [6, 6.07) is 2.31. The molecule has 0 bridgehead atoms. The molecule has 0 radical (unpaired) electrons. The molecule has 0 fully saturated rings. The van der Waals surface area contributed by atoms with Gasteiger partial charge >= 0.3 is 0 Å². The van der Waals surface area contributed by atoms with Gasteiger partial charge in [-0.15, -0.1) is 0 Å². The Labute approximate surface area is 211 Å². The van der Waals surface area contributed by atoms with Gasteiger partial charge in [0.2, 0.25) is 22.7 Å². The highest BCUT2D eigenvalue weighted by atomic mass is 16.3. The van der Waals surface area contributed by atoms with Gasteiger partial charge in [-0.2, -0.15) is 0 Å². The second kappa shape index (κ2) is 14.1. The number of unbranched alkanes of at least 4 members (excludes halogenated alkanes) is 3. The van der Waals surface area contributed by atoms with E-state index in [4.69, 9.17) is 0 Å². The van der Waals surface area contributed by atoms with Crippen LogP contribution in [0.1, 0.15) is 63.3 Å².